The van der Waals surface area contributed by atoms with Crippen molar-refractivity contribution in [2.24, 2.45) is 0 Å². The summed E-state index contributed by atoms with van der Waals surface area (Å²) >= 11 is 0. The predicted molar refractivity (Wildman–Crippen MR) is 86.1 cm³/mol. The summed E-state index contributed by atoms with van der Waals surface area (Å²) in [5.74, 6) is 1.25. The third-order valence-corrected chi connectivity index (χ3v) is 3.25. The molecule has 4 aromatic rings. The van der Waals surface area contributed by atoms with Gasteiger partial charge in [0.25, 0.3) is 0 Å². The second-order valence-electron chi connectivity index (χ2n) is 4.75. The molecule has 0 saturated carbocycles. The van der Waals surface area contributed by atoms with Gasteiger partial charge in [0.15, 0.2) is 0 Å². The van der Waals surface area contributed by atoms with Crippen LogP contribution < -0.4 is 9.31 Å². The number of nitrogens with zero attached hydrogens (tertiary/aromatic N) is 4. The van der Waals surface area contributed by atoms with Gasteiger partial charge in [-0.15, -0.1) is 0 Å². The van der Waals surface area contributed by atoms with Crippen LogP contribution in [-0.4, -0.2) is 27.6 Å². The molecule has 0 aliphatic carbocycles. The Kier molecular flexibility index (Phi) is 3.44. The molecule has 4 rings (SSSR count). The summed E-state index contributed by atoms with van der Waals surface area (Å²) in [5, 5.41) is 0. The molecule has 0 amide bonds. The fourth-order valence-electron chi connectivity index (χ4n) is 2.17. The molecule has 0 atom stereocenters. The molecule has 0 fully saturated rings. The van der Waals surface area contributed by atoms with Crippen LogP contribution in [-0.2, 0) is 0 Å². The van der Waals surface area contributed by atoms with Gasteiger partial charge in [-0.25, -0.2) is 0 Å². The lowest BCUT2D eigenvalue weighted by Gasteiger charge is -2.07. The predicted octanol–water partition coefficient (Wildman–Crippen LogP) is 2.57. The van der Waals surface area contributed by atoms with E-state index in [1.807, 2.05) is 24.3 Å². The van der Waals surface area contributed by atoms with Crippen LogP contribution in [0.3, 0.4) is 0 Å². The van der Waals surface area contributed by atoms with E-state index >= 15 is 0 Å². The van der Waals surface area contributed by atoms with Crippen LogP contribution >= 0.6 is 0 Å². The average Bonchev–Trinajstić information content (AvgIpc) is 2.61. The summed E-state index contributed by atoms with van der Waals surface area (Å²) in [6.07, 6.45) is 6.59. The van der Waals surface area contributed by atoms with Gasteiger partial charge in [0.05, 0.1) is 22.1 Å². The zero-order valence-electron chi connectivity index (χ0n) is 12.0. The van der Waals surface area contributed by atoms with Crippen LogP contribution in [0.5, 0.6) is 11.5 Å². The lowest BCUT2D eigenvalue weighted by atomic mass is 10.2. The molecule has 0 saturated heterocycles. The van der Waals surface area contributed by atoms with E-state index in [2.05, 4.69) is 19.9 Å². The largest absolute Gasteiger partial charge is 0.658 e. The maximum absolute atomic E-state index is 5.48. The van der Waals surface area contributed by atoms with Gasteiger partial charge in [-0.05, 0) is 24.3 Å². The van der Waals surface area contributed by atoms with E-state index in [1.54, 1.807) is 36.9 Å². The first-order chi connectivity index (χ1) is 11.4. The molecule has 2 heterocycles. The minimum atomic E-state index is 0.624. The number of hydrogen-bond acceptors (Lipinski definition) is 6. The second-order valence-corrected chi connectivity index (χ2v) is 4.75. The van der Waals surface area contributed by atoms with Crippen LogP contribution in [0.4, 0.5) is 0 Å². The maximum Gasteiger partial charge on any atom is 0.658 e. The van der Waals surface area contributed by atoms with Crippen LogP contribution in [0.25, 0.3) is 22.1 Å². The van der Waals surface area contributed by atoms with Gasteiger partial charge in [-0.1, -0.05) is 0 Å². The first-order valence-electron chi connectivity index (χ1n) is 6.95. The average molecular weight is 301 g/mol. The first-order valence-corrected chi connectivity index (χ1v) is 6.95. The molecule has 0 aliphatic heterocycles. The minimum absolute atomic E-state index is 0.624. The van der Waals surface area contributed by atoms with E-state index < -0.39 is 0 Å². The molecule has 2 aromatic carbocycles. The van der Waals surface area contributed by atoms with Crippen molar-refractivity contribution in [1.29, 1.82) is 0 Å². The Bertz CT molecular complexity index is 901. The molecule has 7 heteroatoms. The SMILES string of the molecule is [B](Oc1ccc2nccnc2c1)Oc1ccc2nccnc2c1. The van der Waals surface area contributed by atoms with Gasteiger partial charge >= 0.3 is 7.69 Å². The highest BCUT2D eigenvalue weighted by Gasteiger charge is 2.05. The van der Waals surface area contributed by atoms with Crippen LogP contribution in [0.15, 0.2) is 61.2 Å². The summed E-state index contributed by atoms with van der Waals surface area (Å²) in [7, 11) is 1.27. The van der Waals surface area contributed by atoms with Crippen molar-refractivity contribution < 1.29 is 9.31 Å². The molecule has 109 valence electrons. The summed E-state index contributed by atoms with van der Waals surface area (Å²) in [6.45, 7) is 0. The zero-order valence-corrected chi connectivity index (χ0v) is 12.0. The molecular formula is C16H10BN4O2. The summed E-state index contributed by atoms with van der Waals surface area (Å²) < 4.78 is 11.0. The lowest BCUT2D eigenvalue weighted by Crippen LogP contribution is -2.10. The fraction of sp³-hybridized carbons (Fsp3) is 0. The standard InChI is InChI=1S/C16H10BN4O2/c1-3-13-15(20-7-5-18-13)9-11(1)22-17-23-12-2-4-14-16(10-12)21-8-6-19-14/h1-10H. The highest BCUT2D eigenvalue weighted by atomic mass is 16.6. The third kappa shape index (κ3) is 2.89. The molecular weight excluding hydrogens is 291 g/mol. The zero-order chi connectivity index (χ0) is 15.5. The quantitative estimate of drug-likeness (QED) is 0.540. The smallest absolute Gasteiger partial charge is 0.526 e. The monoisotopic (exact) mass is 301 g/mol. The number of hydrogen-bond donors (Lipinski definition) is 0. The van der Waals surface area contributed by atoms with Gasteiger partial charge in [-0.3, -0.25) is 19.9 Å². The molecule has 1 radical (unpaired) electrons. The van der Waals surface area contributed by atoms with E-state index in [1.165, 1.54) is 7.69 Å². The van der Waals surface area contributed by atoms with Crippen molar-refractivity contribution >= 4 is 29.8 Å². The normalized spacial score (nSPS) is 10.6. The fourth-order valence-corrected chi connectivity index (χ4v) is 2.17. The Morgan fingerprint density at radius 3 is 1.48 bits per heavy atom. The Morgan fingerprint density at radius 2 is 1.00 bits per heavy atom. The van der Waals surface area contributed by atoms with Crippen molar-refractivity contribution in [3.05, 3.63) is 61.2 Å². The highest BCUT2D eigenvalue weighted by molar-refractivity contribution is 6.20. The lowest BCUT2D eigenvalue weighted by molar-refractivity contribution is 0.459. The Balaban J connectivity index is 1.45. The number of aromatic nitrogens is 4. The van der Waals surface area contributed by atoms with E-state index in [9.17, 15) is 0 Å². The first kappa shape index (κ1) is 13.4. The molecule has 0 unspecified atom stereocenters. The van der Waals surface area contributed by atoms with Gasteiger partial charge in [0.2, 0.25) is 0 Å². The van der Waals surface area contributed by atoms with E-state index in [-0.39, 0.29) is 0 Å². The van der Waals surface area contributed by atoms with Crippen LogP contribution in [0.1, 0.15) is 0 Å². The topological polar surface area (TPSA) is 70.0 Å². The molecule has 6 nitrogen and oxygen atoms in total. The number of benzene rings is 2. The van der Waals surface area contributed by atoms with Gasteiger partial charge in [-0.2, -0.15) is 0 Å². The summed E-state index contributed by atoms with van der Waals surface area (Å²) in [5.41, 5.74) is 3.15. The molecule has 23 heavy (non-hydrogen) atoms. The summed E-state index contributed by atoms with van der Waals surface area (Å²) in [6, 6.07) is 10.9. The van der Waals surface area contributed by atoms with Crippen molar-refractivity contribution in [3.63, 3.8) is 0 Å². The van der Waals surface area contributed by atoms with Gasteiger partial charge in [0.1, 0.15) is 11.5 Å². The highest BCUT2D eigenvalue weighted by Crippen LogP contribution is 2.19. The number of fused-ring (bicyclic) bond motifs is 2. The van der Waals surface area contributed by atoms with E-state index in [0.717, 1.165) is 22.1 Å². The van der Waals surface area contributed by atoms with Crippen molar-refractivity contribution in [2.45, 2.75) is 0 Å². The molecule has 0 spiro atoms. The molecule has 0 bridgehead atoms. The van der Waals surface area contributed by atoms with E-state index in [0.29, 0.717) is 11.5 Å². The Morgan fingerprint density at radius 1 is 0.565 bits per heavy atom. The van der Waals surface area contributed by atoms with Crippen molar-refractivity contribution in [1.82, 2.24) is 19.9 Å². The summed E-state index contributed by atoms with van der Waals surface area (Å²) in [4.78, 5) is 16.9. The Labute approximate surface area is 132 Å². The van der Waals surface area contributed by atoms with Gasteiger partial charge < -0.3 is 9.31 Å². The van der Waals surface area contributed by atoms with Gasteiger partial charge in [0, 0.05) is 36.9 Å². The van der Waals surface area contributed by atoms with Crippen LogP contribution in [0, 0.1) is 0 Å². The Hall–Kier alpha value is -3.22. The van der Waals surface area contributed by atoms with Crippen molar-refractivity contribution in [2.75, 3.05) is 0 Å². The second kappa shape index (κ2) is 5.88. The molecule has 0 N–H and O–H groups in total. The van der Waals surface area contributed by atoms with E-state index in [4.69, 9.17) is 9.31 Å². The minimum Gasteiger partial charge on any atom is -0.526 e. The molecule has 2 aromatic heterocycles. The third-order valence-electron chi connectivity index (χ3n) is 3.25. The number of rotatable bonds is 4. The van der Waals surface area contributed by atoms with Crippen molar-refractivity contribution in [3.8, 4) is 11.5 Å². The maximum atomic E-state index is 5.48. The molecule has 0 aliphatic rings. The van der Waals surface area contributed by atoms with Crippen LogP contribution in [0.2, 0.25) is 0 Å².